The van der Waals surface area contributed by atoms with E-state index in [2.05, 4.69) is 71.3 Å². The van der Waals surface area contributed by atoms with Crippen molar-refractivity contribution in [2.75, 3.05) is 31.1 Å². The molecule has 23 heavy (non-hydrogen) atoms. The fourth-order valence-electron chi connectivity index (χ4n) is 3.50. The minimum atomic E-state index is 0.242. The van der Waals surface area contributed by atoms with E-state index in [1.54, 1.807) is 0 Å². The number of anilines is 1. The second-order valence-electron chi connectivity index (χ2n) is 6.37. The van der Waals surface area contributed by atoms with Gasteiger partial charge in [-0.05, 0) is 30.5 Å². The van der Waals surface area contributed by atoms with Crippen molar-refractivity contribution in [2.24, 2.45) is 0 Å². The zero-order valence-electron chi connectivity index (χ0n) is 13.9. The fraction of sp³-hybridized carbons (Fsp3) is 0.400. The minimum Gasteiger partial charge on any atom is -0.396 e. The van der Waals surface area contributed by atoms with E-state index in [1.165, 1.54) is 16.8 Å². The molecule has 3 nitrogen and oxygen atoms in total. The largest absolute Gasteiger partial charge is 0.396 e. The lowest BCUT2D eigenvalue weighted by Crippen LogP contribution is -2.53. The van der Waals surface area contributed by atoms with Crippen LogP contribution >= 0.6 is 0 Å². The molecule has 1 N–H and O–H groups in total. The number of aliphatic hydroxyl groups excluding tert-OH is 1. The Morgan fingerprint density at radius 1 is 1.00 bits per heavy atom. The number of aliphatic hydroxyl groups is 1. The molecule has 0 bridgehead atoms. The number of piperazine rings is 1. The van der Waals surface area contributed by atoms with E-state index in [1.807, 2.05) is 0 Å². The van der Waals surface area contributed by atoms with Gasteiger partial charge in [0.05, 0.1) is 0 Å². The summed E-state index contributed by atoms with van der Waals surface area (Å²) in [5, 5.41) is 9.48. The lowest BCUT2D eigenvalue weighted by molar-refractivity contribution is 0.188. The van der Waals surface area contributed by atoms with Crippen molar-refractivity contribution in [1.29, 1.82) is 0 Å². The van der Waals surface area contributed by atoms with Crippen LogP contribution in [0.2, 0.25) is 0 Å². The van der Waals surface area contributed by atoms with Crippen LogP contribution in [-0.4, -0.2) is 42.3 Å². The Bertz CT molecular complexity index is 614. The van der Waals surface area contributed by atoms with Gasteiger partial charge in [0.1, 0.15) is 0 Å². The van der Waals surface area contributed by atoms with Gasteiger partial charge in [0.25, 0.3) is 0 Å². The SMILES string of the molecule is Cc1ccccc1N1CCN(Cc2ccccc2)CC1CCO. The van der Waals surface area contributed by atoms with E-state index in [4.69, 9.17) is 0 Å². The molecule has 122 valence electrons. The van der Waals surface area contributed by atoms with Gasteiger partial charge in [-0.15, -0.1) is 0 Å². The third kappa shape index (κ3) is 3.92. The lowest BCUT2D eigenvalue weighted by atomic mass is 10.0. The van der Waals surface area contributed by atoms with Crippen LogP contribution in [0.1, 0.15) is 17.5 Å². The Hall–Kier alpha value is -1.84. The van der Waals surface area contributed by atoms with Gasteiger partial charge < -0.3 is 10.0 Å². The van der Waals surface area contributed by atoms with E-state index >= 15 is 0 Å². The van der Waals surface area contributed by atoms with Crippen molar-refractivity contribution in [3.8, 4) is 0 Å². The highest BCUT2D eigenvalue weighted by molar-refractivity contribution is 5.54. The topological polar surface area (TPSA) is 26.7 Å². The average molecular weight is 310 g/mol. The molecule has 1 atom stereocenters. The number of benzene rings is 2. The monoisotopic (exact) mass is 310 g/mol. The molecule has 0 aliphatic carbocycles. The number of rotatable bonds is 5. The summed E-state index contributed by atoms with van der Waals surface area (Å²) in [6.07, 6.45) is 0.819. The average Bonchev–Trinajstić information content (AvgIpc) is 2.57. The van der Waals surface area contributed by atoms with E-state index in [0.717, 1.165) is 32.6 Å². The molecule has 3 rings (SSSR count). The highest BCUT2D eigenvalue weighted by Crippen LogP contribution is 2.26. The van der Waals surface area contributed by atoms with Crippen LogP contribution in [0.3, 0.4) is 0 Å². The molecule has 0 radical (unpaired) electrons. The first kappa shape index (κ1) is 16.0. The van der Waals surface area contributed by atoms with Gasteiger partial charge in [0, 0.05) is 44.5 Å². The second kappa shape index (κ2) is 7.62. The van der Waals surface area contributed by atoms with Crippen LogP contribution in [0.15, 0.2) is 54.6 Å². The molecule has 0 amide bonds. The van der Waals surface area contributed by atoms with Crippen LogP contribution < -0.4 is 4.90 Å². The van der Waals surface area contributed by atoms with E-state index < -0.39 is 0 Å². The lowest BCUT2D eigenvalue weighted by Gasteiger charge is -2.43. The van der Waals surface area contributed by atoms with Crippen LogP contribution in [-0.2, 0) is 6.54 Å². The molecule has 0 aromatic heterocycles. The summed E-state index contributed by atoms with van der Waals surface area (Å²) in [7, 11) is 0. The molecular formula is C20H26N2O. The second-order valence-corrected chi connectivity index (χ2v) is 6.37. The molecule has 1 fully saturated rings. The first-order valence-corrected chi connectivity index (χ1v) is 8.47. The molecule has 0 spiro atoms. The number of aryl methyl sites for hydroxylation is 1. The smallest absolute Gasteiger partial charge is 0.0451 e. The first-order chi connectivity index (χ1) is 11.3. The number of para-hydroxylation sites is 1. The molecule has 3 heteroatoms. The van der Waals surface area contributed by atoms with Crippen molar-refractivity contribution in [1.82, 2.24) is 4.90 Å². The van der Waals surface area contributed by atoms with Crippen molar-refractivity contribution in [3.63, 3.8) is 0 Å². The normalized spacial score (nSPS) is 19.0. The number of hydrogen-bond donors (Lipinski definition) is 1. The van der Waals surface area contributed by atoms with Crippen molar-refractivity contribution >= 4 is 5.69 Å². The fourth-order valence-corrected chi connectivity index (χ4v) is 3.50. The van der Waals surface area contributed by atoms with Crippen LogP contribution in [0.5, 0.6) is 0 Å². The molecule has 1 aliphatic rings. The third-order valence-corrected chi connectivity index (χ3v) is 4.70. The molecule has 0 saturated carbocycles. The predicted molar refractivity (Wildman–Crippen MR) is 95.7 cm³/mol. The summed E-state index contributed by atoms with van der Waals surface area (Å²) in [6.45, 7) is 6.48. The summed E-state index contributed by atoms with van der Waals surface area (Å²) in [4.78, 5) is 4.98. The highest BCUT2D eigenvalue weighted by Gasteiger charge is 2.27. The Labute approximate surface area is 139 Å². The van der Waals surface area contributed by atoms with Gasteiger partial charge in [-0.1, -0.05) is 48.5 Å². The molecular weight excluding hydrogens is 284 g/mol. The maximum atomic E-state index is 9.48. The van der Waals surface area contributed by atoms with Crippen molar-refractivity contribution in [2.45, 2.75) is 25.9 Å². The zero-order valence-corrected chi connectivity index (χ0v) is 13.9. The summed E-state index contributed by atoms with van der Waals surface area (Å²) in [5.41, 5.74) is 3.98. The summed E-state index contributed by atoms with van der Waals surface area (Å²) in [6, 6.07) is 19.6. The van der Waals surface area contributed by atoms with Gasteiger partial charge >= 0.3 is 0 Å². The maximum Gasteiger partial charge on any atom is 0.0451 e. The summed E-state index contributed by atoms with van der Waals surface area (Å²) < 4.78 is 0. The number of nitrogens with zero attached hydrogens (tertiary/aromatic N) is 2. The Kier molecular flexibility index (Phi) is 5.31. The molecule has 1 heterocycles. The van der Waals surface area contributed by atoms with Crippen molar-refractivity contribution in [3.05, 3.63) is 65.7 Å². The first-order valence-electron chi connectivity index (χ1n) is 8.47. The van der Waals surface area contributed by atoms with Crippen LogP contribution in [0.4, 0.5) is 5.69 Å². The van der Waals surface area contributed by atoms with Gasteiger partial charge in [0.15, 0.2) is 0 Å². The van der Waals surface area contributed by atoms with Crippen LogP contribution in [0.25, 0.3) is 0 Å². The molecule has 1 unspecified atom stereocenters. The van der Waals surface area contributed by atoms with E-state index in [9.17, 15) is 5.11 Å². The Morgan fingerprint density at radius 3 is 2.48 bits per heavy atom. The summed E-state index contributed by atoms with van der Waals surface area (Å²) >= 11 is 0. The van der Waals surface area contributed by atoms with Gasteiger partial charge in [0.2, 0.25) is 0 Å². The zero-order chi connectivity index (χ0) is 16.1. The summed E-state index contributed by atoms with van der Waals surface area (Å²) in [5.74, 6) is 0. The number of hydrogen-bond acceptors (Lipinski definition) is 3. The quantitative estimate of drug-likeness (QED) is 0.919. The molecule has 2 aromatic carbocycles. The molecule has 1 aliphatic heterocycles. The predicted octanol–water partition coefficient (Wildman–Crippen LogP) is 3.07. The Balaban J connectivity index is 1.72. The minimum absolute atomic E-state index is 0.242. The Morgan fingerprint density at radius 2 is 1.74 bits per heavy atom. The highest BCUT2D eigenvalue weighted by atomic mass is 16.3. The van der Waals surface area contributed by atoms with Gasteiger partial charge in [-0.2, -0.15) is 0 Å². The standard InChI is InChI=1S/C20H26N2O/c1-17-7-5-6-10-20(17)22-13-12-21(16-19(22)11-14-23)15-18-8-3-2-4-9-18/h2-10,19,23H,11-16H2,1H3. The van der Waals surface area contributed by atoms with E-state index in [0.29, 0.717) is 6.04 Å². The van der Waals surface area contributed by atoms with Gasteiger partial charge in [-0.3, -0.25) is 4.90 Å². The third-order valence-electron chi connectivity index (χ3n) is 4.70. The molecule has 2 aromatic rings. The molecule has 1 saturated heterocycles. The van der Waals surface area contributed by atoms with E-state index in [-0.39, 0.29) is 6.61 Å². The van der Waals surface area contributed by atoms with Crippen molar-refractivity contribution < 1.29 is 5.11 Å². The maximum absolute atomic E-state index is 9.48. The van der Waals surface area contributed by atoms with Crippen LogP contribution in [0, 0.1) is 6.92 Å². The van der Waals surface area contributed by atoms with Gasteiger partial charge in [-0.25, -0.2) is 0 Å².